The molecule has 0 spiro atoms. The van der Waals surface area contributed by atoms with Gasteiger partial charge in [0, 0.05) is 13.1 Å². The second kappa shape index (κ2) is 6.35. The van der Waals surface area contributed by atoms with Gasteiger partial charge in [-0.25, -0.2) is 0 Å². The van der Waals surface area contributed by atoms with Crippen molar-refractivity contribution < 1.29 is 4.74 Å². The Kier molecular flexibility index (Phi) is 5.35. The molecule has 1 fully saturated rings. The van der Waals surface area contributed by atoms with Crippen LogP contribution in [-0.4, -0.2) is 50.8 Å². The molecule has 0 aromatic carbocycles. The van der Waals surface area contributed by atoms with Crippen LogP contribution in [-0.2, 0) is 4.74 Å². The van der Waals surface area contributed by atoms with Gasteiger partial charge in [0.2, 0.25) is 0 Å². The van der Waals surface area contributed by atoms with Crippen LogP contribution in [0.3, 0.4) is 0 Å². The summed E-state index contributed by atoms with van der Waals surface area (Å²) >= 11 is 0. The zero-order valence-corrected chi connectivity index (χ0v) is 8.88. The van der Waals surface area contributed by atoms with Gasteiger partial charge in [0.1, 0.15) is 0 Å². The molecule has 1 heterocycles. The van der Waals surface area contributed by atoms with E-state index in [1.807, 2.05) is 7.05 Å². The minimum absolute atomic E-state index is 0.429. The molecule has 1 atom stereocenters. The number of unbranched alkanes of at least 4 members (excludes halogenated alkanes) is 1. The predicted molar refractivity (Wildman–Crippen MR) is 55.0 cm³/mol. The van der Waals surface area contributed by atoms with Gasteiger partial charge >= 0.3 is 0 Å². The van der Waals surface area contributed by atoms with Gasteiger partial charge in [0.05, 0.1) is 12.7 Å². The molecular weight excluding hydrogens is 164 g/mol. The summed E-state index contributed by atoms with van der Waals surface area (Å²) in [6, 6.07) is 0. The third-order valence-corrected chi connectivity index (χ3v) is 2.48. The summed E-state index contributed by atoms with van der Waals surface area (Å²) in [7, 11) is 2.01. The Labute approximate surface area is 81.4 Å². The third-order valence-electron chi connectivity index (χ3n) is 2.48. The van der Waals surface area contributed by atoms with Gasteiger partial charge in [-0.1, -0.05) is 0 Å². The smallest absolute Gasteiger partial charge is 0.0674 e. The Balaban J connectivity index is 2.00. The summed E-state index contributed by atoms with van der Waals surface area (Å²) in [6.45, 7) is 7.66. The van der Waals surface area contributed by atoms with Gasteiger partial charge in [0.15, 0.2) is 0 Å². The van der Waals surface area contributed by atoms with Gasteiger partial charge < -0.3 is 10.1 Å². The first-order valence-corrected chi connectivity index (χ1v) is 5.31. The normalized spacial score (nSPS) is 24.9. The molecule has 13 heavy (non-hydrogen) atoms. The van der Waals surface area contributed by atoms with Gasteiger partial charge in [-0.2, -0.15) is 0 Å². The average Bonchev–Trinajstić information content (AvgIpc) is 2.13. The number of nitrogens with one attached hydrogen (secondary N) is 1. The van der Waals surface area contributed by atoms with E-state index in [0.29, 0.717) is 6.10 Å². The molecule has 1 aliphatic heterocycles. The van der Waals surface area contributed by atoms with E-state index >= 15 is 0 Å². The number of ether oxygens (including phenoxy) is 1. The lowest BCUT2D eigenvalue weighted by molar-refractivity contribution is -0.0185. The second-order valence-electron chi connectivity index (χ2n) is 3.79. The zero-order valence-electron chi connectivity index (χ0n) is 8.88. The Morgan fingerprint density at radius 3 is 3.00 bits per heavy atom. The van der Waals surface area contributed by atoms with Crippen LogP contribution in [0.15, 0.2) is 0 Å². The molecule has 1 aliphatic rings. The number of morpholine rings is 1. The van der Waals surface area contributed by atoms with E-state index < -0.39 is 0 Å². The van der Waals surface area contributed by atoms with Crippen LogP contribution in [0.2, 0.25) is 0 Å². The van der Waals surface area contributed by atoms with E-state index in [4.69, 9.17) is 4.74 Å². The Morgan fingerprint density at radius 2 is 2.31 bits per heavy atom. The van der Waals surface area contributed by atoms with Gasteiger partial charge in [-0.05, 0) is 39.9 Å². The second-order valence-corrected chi connectivity index (χ2v) is 3.79. The molecule has 0 bridgehead atoms. The lowest BCUT2D eigenvalue weighted by Gasteiger charge is -2.30. The van der Waals surface area contributed by atoms with Gasteiger partial charge in [-0.15, -0.1) is 0 Å². The first-order chi connectivity index (χ1) is 6.33. The number of hydrogen-bond donors (Lipinski definition) is 1. The highest BCUT2D eigenvalue weighted by molar-refractivity contribution is 4.67. The van der Waals surface area contributed by atoms with Crippen molar-refractivity contribution in [1.82, 2.24) is 10.2 Å². The van der Waals surface area contributed by atoms with E-state index in [1.54, 1.807) is 0 Å². The van der Waals surface area contributed by atoms with E-state index in [2.05, 4.69) is 17.1 Å². The largest absolute Gasteiger partial charge is 0.376 e. The van der Waals surface area contributed by atoms with Crippen LogP contribution in [0, 0.1) is 0 Å². The first-order valence-electron chi connectivity index (χ1n) is 5.31. The van der Waals surface area contributed by atoms with E-state index in [1.165, 1.54) is 19.4 Å². The van der Waals surface area contributed by atoms with Crippen molar-refractivity contribution >= 4 is 0 Å². The fourth-order valence-electron chi connectivity index (χ4n) is 1.73. The Morgan fingerprint density at radius 1 is 1.46 bits per heavy atom. The molecule has 1 rings (SSSR count). The van der Waals surface area contributed by atoms with Crippen molar-refractivity contribution in [3.63, 3.8) is 0 Å². The monoisotopic (exact) mass is 186 g/mol. The van der Waals surface area contributed by atoms with Crippen molar-refractivity contribution in [2.75, 3.05) is 39.8 Å². The number of hydrogen-bond acceptors (Lipinski definition) is 3. The minimum Gasteiger partial charge on any atom is -0.376 e. The van der Waals surface area contributed by atoms with Crippen molar-refractivity contribution in [2.24, 2.45) is 0 Å². The lowest BCUT2D eigenvalue weighted by atomic mass is 10.2. The highest BCUT2D eigenvalue weighted by Gasteiger charge is 2.15. The summed E-state index contributed by atoms with van der Waals surface area (Å²) in [6.07, 6.45) is 3.01. The van der Waals surface area contributed by atoms with Crippen molar-refractivity contribution in [1.29, 1.82) is 0 Å². The number of rotatable bonds is 5. The summed E-state index contributed by atoms with van der Waals surface area (Å²) in [5.41, 5.74) is 0. The van der Waals surface area contributed by atoms with Crippen molar-refractivity contribution in [3.8, 4) is 0 Å². The van der Waals surface area contributed by atoms with Crippen molar-refractivity contribution in [2.45, 2.75) is 25.9 Å². The van der Waals surface area contributed by atoms with Gasteiger partial charge in [0.25, 0.3) is 0 Å². The molecule has 0 aliphatic carbocycles. The topological polar surface area (TPSA) is 24.5 Å². The minimum atomic E-state index is 0.429. The van der Waals surface area contributed by atoms with Gasteiger partial charge in [-0.3, -0.25) is 4.90 Å². The highest BCUT2D eigenvalue weighted by atomic mass is 16.5. The fraction of sp³-hybridized carbons (Fsp3) is 1.00. The summed E-state index contributed by atoms with van der Waals surface area (Å²) in [4.78, 5) is 2.50. The standard InChI is InChI=1S/C10H22N2O/c1-10-9-12(7-8-13-10)6-4-3-5-11-2/h10-11H,3-9H2,1-2H3. The molecular formula is C10H22N2O. The third kappa shape index (κ3) is 4.60. The molecule has 0 aromatic rings. The Hall–Kier alpha value is -0.120. The van der Waals surface area contributed by atoms with E-state index in [0.717, 1.165) is 26.2 Å². The molecule has 1 unspecified atom stereocenters. The quantitative estimate of drug-likeness (QED) is 0.640. The predicted octanol–water partition coefficient (Wildman–Crippen LogP) is 0.707. The van der Waals surface area contributed by atoms with Crippen LogP contribution in [0.4, 0.5) is 0 Å². The van der Waals surface area contributed by atoms with E-state index in [-0.39, 0.29) is 0 Å². The molecule has 0 amide bonds. The zero-order chi connectivity index (χ0) is 9.52. The van der Waals surface area contributed by atoms with Crippen LogP contribution in [0.1, 0.15) is 19.8 Å². The molecule has 3 nitrogen and oxygen atoms in total. The SMILES string of the molecule is CNCCCCN1CCOC(C)C1. The van der Waals surface area contributed by atoms with Crippen LogP contribution >= 0.6 is 0 Å². The summed E-state index contributed by atoms with van der Waals surface area (Å²) in [5.74, 6) is 0. The van der Waals surface area contributed by atoms with Crippen LogP contribution in [0.5, 0.6) is 0 Å². The van der Waals surface area contributed by atoms with Crippen molar-refractivity contribution in [3.05, 3.63) is 0 Å². The maximum Gasteiger partial charge on any atom is 0.0674 e. The maximum absolute atomic E-state index is 5.48. The summed E-state index contributed by atoms with van der Waals surface area (Å²) in [5, 5.41) is 3.17. The summed E-state index contributed by atoms with van der Waals surface area (Å²) < 4.78 is 5.48. The van der Waals surface area contributed by atoms with Crippen LogP contribution in [0.25, 0.3) is 0 Å². The molecule has 3 heteroatoms. The molecule has 0 radical (unpaired) electrons. The fourth-order valence-corrected chi connectivity index (χ4v) is 1.73. The van der Waals surface area contributed by atoms with E-state index in [9.17, 15) is 0 Å². The first kappa shape index (κ1) is 11.0. The molecule has 0 aromatic heterocycles. The lowest BCUT2D eigenvalue weighted by Crippen LogP contribution is -2.41. The molecule has 78 valence electrons. The molecule has 0 saturated carbocycles. The highest BCUT2D eigenvalue weighted by Crippen LogP contribution is 2.05. The maximum atomic E-state index is 5.48. The molecule has 1 N–H and O–H groups in total. The molecule has 1 saturated heterocycles. The Bertz CT molecular complexity index is 130. The van der Waals surface area contributed by atoms with Crippen LogP contribution < -0.4 is 5.32 Å². The average molecular weight is 186 g/mol. The number of nitrogens with zero attached hydrogens (tertiary/aromatic N) is 1.